The Balaban J connectivity index is 2.15. The van der Waals surface area contributed by atoms with E-state index in [-0.39, 0.29) is 0 Å². The molecule has 2 aromatic rings. The zero-order chi connectivity index (χ0) is 11.5. The van der Waals surface area contributed by atoms with Gasteiger partial charge in [0.05, 0.1) is 10.0 Å². The van der Waals surface area contributed by atoms with E-state index in [0.29, 0.717) is 15.0 Å². The van der Waals surface area contributed by atoms with Crippen molar-refractivity contribution in [3.8, 4) is 0 Å². The molecular formula is C11H8Cl2N2S. The third-order valence-corrected chi connectivity index (χ3v) is 3.11. The molecule has 0 atom stereocenters. The van der Waals surface area contributed by atoms with Gasteiger partial charge in [-0.25, -0.2) is 0 Å². The first-order valence-corrected chi connectivity index (χ1v) is 5.72. The van der Waals surface area contributed by atoms with Crippen LogP contribution in [-0.4, -0.2) is 9.97 Å². The quantitative estimate of drug-likeness (QED) is 0.804. The van der Waals surface area contributed by atoms with Crippen LogP contribution in [0.3, 0.4) is 0 Å². The molecule has 0 spiro atoms. The van der Waals surface area contributed by atoms with Crippen LogP contribution in [0.5, 0.6) is 0 Å². The summed E-state index contributed by atoms with van der Waals surface area (Å²) in [4.78, 5) is 3.58. The van der Waals surface area contributed by atoms with Crippen LogP contribution < -0.4 is 5.32 Å². The van der Waals surface area contributed by atoms with Gasteiger partial charge in [-0.05, 0) is 24.3 Å². The zero-order valence-corrected chi connectivity index (χ0v) is 10.5. The number of hydrogen-bond donors (Lipinski definition) is 2. The molecule has 0 amide bonds. The molecule has 5 heteroatoms. The van der Waals surface area contributed by atoms with Crippen molar-refractivity contribution in [1.29, 1.82) is 0 Å². The van der Waals surface area contributed by atoms with E-state index < -0.39 is 0 Å². The molecule has 0 bridgehead atoms. The van der Waals surface area contributed by atoms with E-state index in [1.807, 2.05) is 24.5 Å². The Morgan fingerprint density at radius 1 is 1.19 bits per heavy atom. The molecule has 0 aliphatic heterocycles. The molecule has 1 heterocycles. The summed E-state index contributed by atoms with van der Waals surface area (Å²) >= 11 is 16.9. The van der Waals surface area contributed by atoms with Crippen molar-refractivity contribution >= 4 is 46.1 Å². The van der Waals surface area contributed by atoms with Crippen LogP contribution in [0.15, 0.2) is 36.7 Å². The fraction of sp³-hybridized carbons (Fsp3) is 0. The highest BCUT2D eigenvalue weighted by Crippen LogP contribution is 2.25. The van der Waals surface area contributed by atoms with E-state index in [1.165, 1.54) is 0 Å². The van der Waals surface area contributed by atoms with E-state index in [9.17, 15) is 0 Å². The number of nitrogens with one attached hydrogen (secondary N) is 2. The lowest BCUT2D eigenvalue weighted by molar-refractivity contribution is 1.41. The molecule has 0 unspecified atom stereocenters. The van der Waals surface area contributed by atoms with Gasteiger partial charge in [-0.2, -0.15) is 0 Å². The van der Waals surface area contributed by atoms with E-state index in [1.54, 1.807) is 12.1 Å². The van der Waals surface area contributed by atoms with Crippen molar-refractivity contribution in [2.45, 2.75) is 0 Å². The summed E-state index contributed by atoms with van der Waals surface area (Å²) in [6.45, 7) is 0. The van der Waals surface area contributed by atoms with Gasteiger partial charge >= 0.3 is 0 Å². The number of H-pyrrole nitrogens is 1. The van der Waals surface area contributed by atoms with Gasteiger partial charge in [0.1, 0.15) is 4.99 Å². The largest absolute Gasteiger partial charge is 0.367 e. The molecule has 2 rings (SSSR count). The number of benzene rings is 1. The molecule has 0 fully saturated rings. The molecule has 0 aliphatic carbocycles. The van der Waals surface area contributed by atoms with Crippen molar-refractivity contribution in [3.63, 3.8) is 0 Å². The van der Waals surface area contributed by atoms with Crippen molar-refractivity contribution in [2.75, 3.05) is 5.32 Å². The van der Waals surface area contributed by atoms with Gasteiger partial charge < -0.3 is 10.3 Å². The Bertz CT molecular complexity index is 509. The molecule has 1 aromatic heterocycles. The Morgan fingerprint density at radius 3 is 2.62 bits per heavy atom. The summed E-state index contributed by atoms with van der Waals surface area (Å²) < 4.78 is 0. The van der Waals surface area contributed by atoms with Crippen LogP contribution in [0.25, 0.3) is 0 Å². The second-order valence-corrected chi connectivity index (χ2v) is 4.41. The molecular weight excluding hydrogens is 263 g/mol. The predicted molar refractivity (Wildman–Crippen MR) is 72.6 cm³/mol. The number of aromatic nitrogens is 1. The predicted octanol–water partition coefficient (Wildman–Crippen LogP) is 4.11. The van der Waals surface area contributed by atoms with E-state index >= 15 is 0 Å². The van der Waals surface area contributed by atoms with Gasteiger partial charge in [-0.15, -0.1) is 0 Å². The molecule has 0 saturated carbocycles. The SMILES string of the molecule is S=C(Nc1ccc(Cl)c(Cl)c1)c1cc[nH]c1. The summed E-state index contributed by atoms with van der Waals surface area (Å²) in [6, 6.07) is 7.19. The van der Waals surface area contributed by atoms with Gasteiger partial charge in [0.15, 0.2) is 0 Å². The van der Waals surface area contributed by atoms with Crippen LogP contribution in [0.2, 0.25) is 10.0 Å². The highest BCUT2D eigenvalue weighted by Gasteiger charge is 2.03. The molecule has 16 heavy (non-hydrogen) atoms. The van der Waals surface area contributed by atoms with Gasteiger partial charge in [-0.3, -0.25) is 0 Å². The molecule has 0 radical (unpaired) electrons. The third kappa shape index (κ3) is 2.55. The van der Waals surface area contributed by atoms with Crippen LogP contribution in [0.1, 0.15) is 5.56 Å². The number of hydrogen-bond acceptors (Lipinski definition) is 1. The lowest BCUT2D eigenvalue weighted by Crippen LogP contribution is -2.09. The summed E-state index contributed by atoms with van der Waals surface area (Å²) in [5.74, 6) is 0. The minimum absolute atomic E-state index is 0.503. The highest BCUT2D eigenvalue weighted by molar-refractivity contribution is 7.81. The van der Waals surface area contributed by atoms with E-state index in [0.717, 1.165) is 11.3 Å². The molecule has 1 aromatic carbocycles. The van der Waals surface area contributed by atoms with Gasteiger partial charge in [0, 0.05) is 23.6 Å². The Labute approximate surface area is 109 Å². The Morgan fingerprint density at radius 2 is 2.00 bits per heavy atom. The summed E-state index contributed by atoms with van der Waals surface area (Å²) in [7, 11) is 0. The molecule has 2 nitrogen and oxygen atoms in total. The number of rotatable bonds is 2. The number of thiocarbonyl (C=S) groups is 1. The Hall–Kier alpha value is -1.03. The van der Waals surface area contributed by atoms with Crippen molar-refractivity contribution in [2.24, 2.45) is 0 Å². The van der Waals surface area contributed by atoms with Gasteiger partial charge in [0.2, 0.25) is 0 Å². The molecule has 82 valence electrons. The average Bonchev–Trinajstić information content (AvgIpc) is 2.77. The maximum Gasteiger partial charge on any atom is 0.112 e. The second-order valence-electron chi connectivity index (χ2n) is 3.18. The topological polar surface area (TPSA) is 27.8 Å². The first-order chi connectivity index (χ1) is 7.66. The number of anilines is 1. The Kier molecular flexibility index (Phi) is 3.49. The maximum absolute atomic E-state index is 5.90. The number of aromatic amines is 1. The third-order valence-electron chi connectivity index (χ3n) is 2.04. The highest BCUT2D eigenvalue weighted by atomic mass is 35.5. The lowest BCUT2D eigenvalue weighted by Gasteiger charge is -2.07. The first kappa shape index (κ1) is 11.5. The minimum Gasteiger partial charge on any atom is -0.367 e. The molecule has 0 aliphatic rings. The maximum atomic E-state index is 5.90. The van der Waals surface area contributed by atoms with Crippen molar-refractivity contribution < 1.29 is 0 Å². The van der Waals surface area contributed by atoms with Crippen LogP contribution in [0.4, 0.5) is 5.69 Å². The fourth-order valence-corrected chi connectivity index (χ4v) is 1.79. The summed E-state index contributed by atoms with van der Waals surface area (Å²) in [6.07, 6.45) is 3.64. The molecule has 2 N–H and O–H groups in total. The lowest BCUT2D eigenvalue weighted by atomic mass is 10.3. The van der Waals surface area contributed by atoms with E-state index in [4.69, 9.17) is 35.4 Å². The van der Waals surface area contributed by atoms with Crippen molar-refractivity contribution in [3.05, 3.63) is 52.3 Å². The molecule has 0 saturated heterocycles. The van der Waals surface area contributed by atoms with Crippen LogP contribution in [-0.2, 0) is 0 Å². The second kappa shape index (κ2) is 4.87. The first-order valence-electron chi connectivity index (χ1n) is 4.56. The monoisotopic (exact) mass is 270 g/mol. The number of halogens is 2. The van der Waals surface area contributed by atoms with Gasteiger partial charge in [-0.1, -0.05) is 35.4 Å². The normalized spacial score (nSPS) is 10.1. The zero-order valence-electron chi connectivity index (χ0n) is 8.13. The minimum atomic E-state index is 0.503. The van der Waals surface area contributed by atoms with Gasteiger partial charge in [0.25, 0.3) is 0 Å². The van der Waals surface area contributed by atoms with E-state index in [2.05, 4.69) is 10.3 Å². The average molecular weight is 271 g/mol. The van der Waals surface area contributed by atoms with Crippen molar-refractivity contribution in [1.82, 2.24) is 4.98 Å². The fourth-order valence-electron chi connectivity index (χ4n) is 1.24. The standard InChI is InChI=1S/C11H8Cl2N2S/c12-9-2-1-8(5-10(9)13)15-11(16)7-3-4-14-6-7/h1-6,14H,(H,15,16). The van der Waals surface area contributed by atoms with Crippen LogP contribution in [0, 0.1) is 0 Å². The smallest absolute Gasteiger partial charge is 0.112 e. The van der Waals surface area contributed by atoms with Crippen LogP contribution >= 0.6 is 35.4 Å². The summed E-state index contributed by atoms with van der Waals surface area (Å²) in [5, 5.41) is 4.11. The summed E-state index contributed by atoms with van der Waals surface area (Å²) in [5.41, 5.74) is 1.75.